The fourth-order valence-electron chi connectivity index (χ4n) is 1.67. The highest BCUT2D eigenvalue weighted by molar-refractivity contribution is 6.42. The number of anilines is 1. The first-order chi connectivity index (χ1) is 7.59. The van der Waals surface area contributed by atoms with Crippen molar-refractivity contribution in [2.24, 2.45) is 0 Å². The molecule has 1 aromatic carbocycles. The lowest BCUT2D eigenvalue weighted by molar-refractivity contribution is -0.129. The third-order valence-electron chi connectivity index (χ3n) is 2.44. The lowest BCUT2D eigenvalue weighted by Gasteiger charge is -2.25. The van der Waals surface area contributed by atoms with E-state index >= 15 is 0 Å². The fraction of sp³-hybridized carbons (Fsp3) is 0.273. The van der Waals surface area contributed by atoms with E-state index in [4.69, 9.17) is 23.2 Å². The quantitative estimate of drug-likeness (QED) is 0.726. The van der Waals surface area contributed by atoms with Gasteiger partial charge < -0.3 is 0 Å². The first kappa shape index (κ1) is 11.4. The molecule has 1 saturated heterocycles. The van der Waals surface area contributed by atoms with E-state index in [1.807, 2.05) is 0 Å². The molecule has 16 heavy (non-hydrogen) atoms. The van der Waals surface area contributed by atoms with Crippen molar-refractivity contribution in [3.63, 3.8) is 0 Å². The maximum atomic E-state index is 11.6. The number of nitrogens with zero attached hydrogens (tertiary/aromatic N) is 1. The minimum atomic E-state index is -0.186. The standard InChI is InChI=1S/C11H9Cl2NO2/c12-8-5-4-7(6-9(8)13)14-10(15)2-1-3-11(14)16/h4-6H,1-3H2. The molecule has 0 bridgehead atoms. The second kappa shape index (κ2) is 4.44. The van der Waals surface area contributed by atoms with Crippen molar-refractivity contribution in [1.29, 1.82) is 0 Å². The Morgan fingerprint density at radius 2 is 1.62 bits per heavy atom. The summed E-state index contributed by atoms with van der Waals surface area (Å²) in [7, 11) is 0. The second-order valence-corrected chi connectivity index (χ2v) is 4.39. The predicted molar refractivity (Wildman–Crippen MR) is 62.8 cm³/mol. The van der Waals surface area contributed by atoms with Crippen LogP contribution in [0.5, 0.6) is 0 Å². The first-order valence-electron chi connectivity index (χ1n) is 4.90. The van der Waals surface area contributed by atoms with Gasteiger partial charge in [0.1, 0.15) is 0 Å². The van der Waals surface area contributed by atoms with E-state index in [1.54, 1.807) is 12.1 Å². The number of hydrogen-bond acceptors (Lipinski definition) is 2. The maximum absolute atomic E-state index is 11.6. The van der Waals surface area contributed by atoms with Gasteiger partial charge in [-0.05, 0) is 24.6 Å². The van der Waals surface area contributed by atoms with E-state index in [2.05, 4.69) is 0 Å². The van der Waals surface area contributed by atoms with Crippen molar-refractivity contribution in [1.82, 2.24) is 0 Å². The molecule has 1 aliphatic rings. The Hall–Kier alpha value is -1.06. The first-order valence-corrected chi connectivity index (χ1v) is 5.66. The van der Waals surface area contributed by atoms with E-state index in [-0.39, 0.29) is 11.8 Å². The van der Waals surface area contributed by atoms with Gasteiger partial charge in [-0.2, -0.15) is 0 Å². The van der Waals surface area contributed by atoms with Crippen LogP contribution in [0.25, 0.3) is 0 Å². The van der Waals surface area contributed by atoms with Crippen LogP contribution in [0.15, 0.2) is 18.2 Å². The fourth-order valence-corrected chi connectivity index (χ4v) is 1.96. The van der Waals surface area contributed by atoms with Gasteiger partial charge in [0.2, 0.25) is 11.8 Å². The van der Waals surface area contributed by atoms with Crippen molar-refractivity contribution in [3.05, 3.63) is 28.2 Å². The summed E-state index contributed by atoms with van der Waals surface area (Å²) in [5.41, 5.74) is 0.490. The molecule has 1 aliphatic heterocycles. The number of carbonyl (C=O) groups excluding carboxylic acids is 2. The molecule has 0 radical (unpaired) electrons. The van der Waals surface area contributed by atoms with E-state index in [0.29, 0.717) is 35.0 Å². The Morgan fingerprint density at radius 1 is 1.00 bits per heavy atom. The second-order valence-electron chi connectivity index (χ2n) is 3.57. The molecule has 0 atom stereocenters. The zero-order valence-corrected chi connectivity index (χ0v) is 9.88. The number of halogens is 2. The van der Waals surface area contributed by atoms with E-state index in [1.165, 1.54) is 11.0 Å². The van der Waals surface area contributed by atoms with Crippen LogP contribution in [0.1, 0.15) is 19.3 Å². The molecule has 84 valence electrons. The van der Waals surface area contributed by atoms with E-state index in [9.17, 15) is 9.59 Å². The van der Waals surface area contributed by atoms with Crippen LogP contribution in [-0.2, 0) is 9.59 Å². The zero-order chi connectivity index (χ0) is 11.7. The Bertz CT molecular complexity index is 443. The lowest BCUT2D eigenvalue weighted by atomic mass is 10.1. The molecular formula is C11H9Cl2NO2. The normalized spacial score (nSPS) is 16.8. The molecule has 1 heterocycles. The number of imide groups is 1. The number of amides is 2. The molecule has 3 nitrogen and oxygen atoms in total. The van der Waals surface area contributed by atoms with Crippen LogP contribution in [0.3, 0.4) is 0 Å². The van der Waals surface area contributed by atoms with Crippen molar-refractivity contribution < 1.29 is 9.59 Å². The number of rotatable bonds is 1. The molecule has 1 aromatic rings. The Labute approximate surface area is 103 Å². The molecule has 0 unspecified atom stereocenters. The van der Waals surface area contributed by atoms with Gasteiger partial charge in [-0.1, -0.05) is 23.2 Å². The molecule has 2 amide bonds. The number of carbonyl (C=O) groups is 2. The topological polar surface area (TPSA) is 37.4 Å². The van der Waals surface area contributed by atoms with Crippen molar-refractivity contribution in [2.75, 3.05) is 4.90 Å². The average Bonchev–Trinajstić information content (AvgIpc) is 2.23. The van der Waals surface area contributed by atoms with Gasteiger partial charge in [0, 0.05) is 12.8 Å². The smallest absolute Gasteiger partial charge is 0.233 e. The summed E-state index contributed by atoms with van der Waals surface area (Å²) in [4.78, 5) is 24.4. The number of hydrogen-bond donors (Lipinski definition) is 0. The predicted octanol–water partition coefficient (Wildman–Crippen LogP) is 3.04. The summed E-state index contributed by atoms with van der Waals surface area (Å²) >= 11 is 11.6. The van der Waals surface area contributed by atoms with Gasteiger partial charge in [0.05, 0.1) is 15.7 Å². The molecule has 0 aromatic heterocycles. The Kier molecular flexibility index (Phi) is 3.17. The highest BCUT2D eigenvalue weighted by atomic mass is 35.5. The molecule has 5 heteroatoms. The number of piperidine rings is 1. The highest BCUT2D eigenvalue weighted by Gasteiger charge is 2.27. The SMILES string of the molecule is O=C1CCCC(=O)N1c1ccc(Cl)c(Cl)c1. The maximum Gasteiger partial charge on any atom is 0.233 e. The van der Waals surface area contributed by atoms with Crippen LogP contribution in [0.4, 0.5) is 5.69 Å². The van der Waals surface area contributed by atoms with Crippen LogP contribution in [0.2, 0.25) is 10.0 Å². The lowest BCUT2D eigenvalue weighted by Crippen LogP contribution is -2.40. The van der Waals surface area contributed by atoms with Crippen molar-refractivity contribution >= 4 is 40.7 Å². The summed E-state index contributed by atoms with van der Waals surface area (Å²) < 4.78 is 0. The molecule has 0 saturated carbocycles. The minimum Gasteiger partial charge on any atom is -0.274 e. The van der Waals surface area contributed by atoms with Gasteiger partial charge in [-0.15, -0.1) is 0 Å². The summed E-state index contributed by atoms with van der Waals surface area (Å²) in [6.07, 6.45) is 1.41. The van der Waals surface area contributed by atoms with Crippen molar-refractivity contribution in [2.45, 2.75) is 19.3 Å². The highest BCUT2D eigenvalue weighted by Crippen LogP contribution is 2.29. The molecule has 0 N–H and O–H groups in total. The van der Waals surface area contributed by atoms with Gasteiger partial charge in [0.15, 0.2) is 0 Å². The molecule has 0 aliphatic carbocycles. The third-order valence-corrected chi connectivity index (χ3v) is 3.18. The van der Waals surface area contributed by atoms with Crippen LogP contribution >= 0.6 is 23.2 Å². The molecular weight excluding hydrogens is 249 g/mol. The molecule has 1 fully saturated rings. The molecule has 0 spiro atoms. The average molecular weight is 258 g/mol. The summed E-state index contributed by atoms with van der Waals surface area (Å²) in [5.74, 6) is -0.371. The Balaban J connectivity index is 2.38. The van der Waals surface area contributed by atoms with Crippen LogP contribution < -0.4 is 4.90 Å². The monoisotopic (exact) mass is 257 g/mol. The molecule has 2 rings (SSSR count). The van der Waals surface area contributed by atoms with Gasteiger partial charge >= 0.3 is 0 Å². The summed E-state index contributed by atoms with van der Waals surface area (Å²) in [6.45, 7) is 0. The summed E-state index contributed by atoms with van der Waals surface area (Å²) in [6, 6.07) is 4.73. The number of benzene rings is 1. The van der Waals surface area contributed by atoms with E-state index in [0.717, 1.165) is 0 Å². The van der Waals surface area contributed by atoms with Crippen LogP contribution in [-0.4, -0.2) is 11.8 Å². The Morgan fingerprint density at radius 3 is 2.19 bits per heavy atom. The van der Waals surface area contributed by atoms with Crippen molar-refractivity contribution in [3.8, 4) is 0 Å². The van der Waals surface area contributed by atoms with Gasteiger partial charge in [0.25, 0.3) is 0 Å². The van der Waals surface area contributed by atoms with Gasteiger partial charge in [-0.25, -0.2) is 0 Å². The van der Waals surface area contributed by atoms with E-state index < -0.39 is 0 Å². The summed E-state index contributed by atoms with van der Waals surface area (Å²) in [5, 5.41) is 0.743. The zero-order valence-electron chi connectivity index (χ0n) is 8.37. The van der Waals surface area contributed by atoms with Gasteiger partial charge in [-0.3, -0.25) is 14.5 Å². The minimum absolute atomic E-state index is 0.186. The largest absolute Gasteiger partial charge is 0.274 e. The third kappa shape index (κ3) is 2.06. The van der Waals surface area contributed by atoms with Crippen LogP contribution in [0, 0.1) is 0 Å².